The van der Waals surface area contributed by atoms with Crippen LogP contribution in [0.3, 0.4) is 0 Å². The van der Waals surface area contributed by atoms with Crippen LogP contribution in [0.4, 0.5) is 5.69 Å². The minimum atomic E-state index is -0.474. The predicted octanol–water partition coefficient (Wildman–Crippen LogP) is 0.648. The van der Waals surface area contributed by atoms with Gasteiger partial charge < -0.3 is 24.8 Å². The third-order valence-electron chi connectivity index (χ3n) is 4.07. The molecule has 0 bridgehead atoms. The molecule has 1 aliphatic rings. The van der Waals surface area contributed by atoms with Crippen molar-refractivity contribution in [2.75, 3.05) is 33.9 Å². The first-order valence-electron chi connectivity index (χ1n) is 8.00. The molecule has 138 valence electrons. The minimum Gasteiger partial charge on any atom is -0.493 e. The number of nitrogens with zero attached hydrogens (tertiary/aromatic N) is 1. The van der Waals surface area contributed by atoms with Gasteiger partial charge in [-0.05, 0) is 19.4 Å². The van der Waals surface area contributed by atoms with Gasteiger partial charge in [0.25, 0.3) is 5.69 Å². The van der Waals surface area contributed by atoms with Crippen LogP contribution < -0.4 is 20.1 Å². The first-order chi connectivity index (χ1) is 12.0. The maximum Gasteiger partial charge on any atom is 0.276 e. The summed E-state index contributed by atoms with van der Waals surface area (Å²) in [4.78, 5) is 23.0. The first kappa shape index (κ1) is 18.9. The molecule has 0 radical (unpaired) electrons. The molecule has 1 aliphatic heterocycles. The molecule has 1 aromatic carbocycles. The number of methoxy groups -OCH3 is 2. The van der Waals surface area contributed by atoms with Crippen molar-refractivity contribution in [2.45, 2.75) is 25.5 Å². The van der Waals surface area contributed by atoms with Gasteiger partial charge in [0, 0.05) is 18.7 Å². The lowest BCUT2D eigenvalue weighted by Crippen LogP contribution is -2.55. The number of carbonyl (C=O) groups excluding carboxylic acids is 1. The fourth-order valence-electron chi connectivity index (χ4n) is 2.74. The molecule has 0 aromatic heterocycles. The van der Waals surface area contributed by atoms with Gasteiger partial charge in [0.05, 0.1) is 37.9 Å². The fraction of sp³-hybridized carbons (Fsp3) is 0.562. The monoisotopic (exact) mass is 353 g/mol. The molecule has 0 aliphatic carbocycles. The third kappa shape index (κ3) is 4.58. The van der Waals surface area contributed by atoms with Gasteiger partial charge in [0.15, 0.2) is 11.5 Å². The number of ether oxygens (including phenoxy) is 3. The summed E-state index contributed by atoms with van der Waals surface area (Å²) in [6.07, 6.45) is 0.0776. The van der Waals surface area contributed by atoms with E-state index < -0.39 is 11.0 Å². The quantitative estimate of drug-likeness (QED) is 0.547. The Morgan fingerprint density at radius 1 is 1.40 bits per heavy atom. The summed E-state index contributed by atoms with van der Waals surface area (Å²) in [5, 5.41) is 17.2. The number of hydrogen-bond acceptors (Lipinski definition) is 7. The van der Waals surface area contributed by atoms with Gasteiger partial charge in [-0.3, -0.25) is 14.9 Å². The fourth-order valence-corrected chi connectivity index (χ4v) is 2.74. The third-order valence-corrected chi connectivity index (χ3v) is 4.07. The SMILES string of the molecule is COc1cc(CCNC(=O)[C@H]2NCCO[C@@H]2C)c([N+](=O)[O-])cc1OC. The number of amides is 1. The number of hydrogen-bond donors (Lipinski definition) is 2. The number of morpholine rings is 1. The lowest BCUT2D eigenvalue weighted by molar-refractivity contribution is -0.385. The Kier molecular flexibility index (Phi) is 6.54. The molecule has 2 rings (SSSR count). The summed E-state index contributed by atoms with van der Waals surface area (Å²) in [5.41, 5.74) is 0.392. The molecule has 1 heterocycles. The van der Waals surface area contributed by atoms with Crippen molar-refractivity contribution in [2.24, 2.45) is 0 Å². The highest BCUT2D eigenvalue weighted by atomic mass is 16.6. The zero-order chi connectivity index (χ0) is 18.4. The van der Waals surface area contributed by atoms with Gasteiger partial charge in [-0.2, -0.15) is 0 Å². The van der Waals surface area contributed by atoms with E-state index >= 15 is 0 Å². The first-order valence-corrected chi connectivity index (χ1v) is 8.00. The van der Waals surface area contributed by atoms with Gasteiger partial charge >= 0.3 is 0 Å². The lowest BCUT2D eigenvalue weighted by atomic mass is 10.1. The van der Waals surface area contributed by atoms with Crippen LogP contribution in [0.2, 0.25) is 0 Å². The molecule has 25 heavy (non-hydrogen) atoms. The smallest absolute Gasteiger partial charge is 0.276 e. The molecule has 1 fully saturated rings. The van der Waals surface area contributed by atoms with E-state index in [1.807, 2.05) is 6.92 Å². The average molecular weight is 353 g/mol. The van der Waals surface area contributed by atoms with E-state index in [9.17, 15) is 14.9 Å². The highest BCUT2D eigenvalue weighted by molar-refractivity contribution is 5.82. The molecule has 0 spiro atoms. The summed E-state index contributed by atoms with van der Waals surface area (Å²) in [5.74, 6) is 0.514. The number of nitro groups is 1. The predicted molar refractivity (Wildman–Crippen MR) is 90.1 cm³/mol. The highest BCUT2D eigenvalue weighted by Gasteiger charge is 2.28. The second-order valence-corrected chi connectivity index (χ2v) is 5.64. The molecule has 0 unspecified atom stereocenters. The second kappa shape index (κ2) is 8.63. The number of carbonyl (C=O) groups is 1. The average Bonchev–Trinajstić information content (AvgIpc) is 2.61. The van der Waals surface area contributed by atoms with Crippen molar-refractivity contribution in [1.29, 1.82) is 0 Å². The van der Waals surface area contributed by atoms with Crippen LogP contribution in [0.25, 0.3) is 0 Å². The van der Waals surface area contributed by atoms with Crippen LogP contribution in [0.5, 0.6) is 11.5 Å². The number of benzene rings is 1. The van der Waals surface area contributed by atoms with Crippen LogP contribution in [0.15, 0.2) is 12.1 Å². The maximum absolute atomic E-state index is 12.2. The summed E-state index contributed by atoms with van der Waals surface area (Å²) in [6.45, 7) is 3.28. The Balaban J connectivity index is 2.04. The van der Waals surface area contributed by atoms with Crippen molar-refractivity contribution in [3.05, 3.63) is 27.8 Å². The normalized spacial score (nSPS) is 20.0. The molecular weight excluding hydrogens is 330 g/mol. The van der Waals surface area contributed by atoms with E-state index in [-0.39, 0.29) is 24.2 Å². The standard InChI is InChI=1S/C16H23N3O6/c1-10-15(17-6-7-25-10)16(20)18-5-4-11-8-13(23-2)14(24-3)9-12(11)19(21)22/h8-10,15,17H,4-7H2,1-3H3,(H,18,20)/t10-,15+/m1/s1. The molecule has 0 saturated carbocycles. The van der Waals surface area contributed by atoms with Crippen LogP contribution >= 0.6 is 0 Å². The zero-order valence-electron chi connectivity index (χ0n) is 14.5. The van der Waals surface area contributed by atoms with Crippen LogP contribution in [-0.2, 0) is 16.0 Å². The van der Waals surface area contributed by atoms with Crippen molar-refractivity contribution in [3.8, 4) is 11.5 Å². The van der Waals surface area contributed by atoms with Gasteiger partial charge in [-0.15, -0.1) is 0 Å². The molecule has 2 N–H and O–H groups in total. The molecule has 1 aromatic rings. The summed E-state index contributed by atoms with van der Waals surface area (Å²) >= 11 is 0. The zero-order valence-corrected chi connectivity index (χ0v) is 14.5. The summed E-state index contributed by atoms with van der Waals surface area (Å²) < 4.78 is 15.7. The van der Waals surface area contributed by atoms with Crippen molar-refractivity contribution < 1.29 is 23.9 Å². The van der Waals surface area contributed by atoms with Gasteiger partial charge in [-0.25, -0.2) is 0 Å². The van der Waals surface area contributed by atoms with Crippen LogP contribution in [0.1, 0.15) is 12.5 Å². The summed E-state index contributed by atoms with van der Waals surface area (Å²) in [7, 11) is 2.88. The Labute approximate surface area is 145 Å². The molecular formula is C16H23N3O6. The van der Waals surface area contributed by atoms with Crippen LogP contribution in [-0.4, -0.2) is 56.9 Å². The Hall–Kier alpha value is -2.39. The Morgan fingerprint density at radius 2 is 2.08 bits per heavy atom. The van der Waals surface area contributed by atoms with Crippen LogP contribution in [0, 0.1) is 10.1 Å². The van der Waals surface area contributed by atoms with E-state index in [0.29, 0.717) is 36.6 Å². The van der Waals surface area contributed by atoms with Crippen molar-refractivity contribution in [1.82, 2.24) is 10.6 Å². The largest absolute Gasteiger partial charge is 0.493 e. The Bertz CT molecular complexity index is 637. The summed E-state index contributed by atoms with van der Waals surface area (Å²) in [6, 6.07) is 2.47. The highest BCUT2D eigenvalue weighted by Crippen LogP contribution is 2.34. The number of rotatable bonds is 7. The topological polar surface area (TPSA) is 112 Å². The molecule has 1 amide bonds. The van der Waals surface area contributed by atoms with E-state index in [0.717, 1.165) is 0 Å². The number of nitrogens with one attached hydrogen (secondary N) is 2. The molecule has 9 heteroatoms. The van der Waals surface area contributed by atoms with E-state index in [4.69, 9.17) is 14.2 Å². The second-order valence-electron chi connectivity index (χ2n) is 5.64. The van der Waals surface area contributed by atoms with E-state index in [1.165, 1.54) is 20.3 Å². The molecule has 9 nitrogen and oxygen atoms in total. The van der Waals surface area contributed by atoms with Gasteiger partial charge in [0.1, 0.15) is 6.04 Å². The number of nitro benzene ring substituents is 1. The minimum absolute atomic E-state index is 0.0700. The van der Waals surface area contributed by atoms with Crippen molar-refractivity contribution in [3.63, 3.8) is 0 Å². The Morgan fingerprint density at radius 3 is 2.68 bits per heavy atom. The van der Waals surface area contributed by atoms with Gasteiger partial charge in [-0.1, -0.05) is 0 Å². The lowest BCUT2D eigenvalue weighted by Gasteiger charge is -2.29. The molecule has 2 atom stereocenters. The molecule has 1 saturated heterocycles. The van der Waals surface area contributed by atoms with E-state index in [2.05, 4.69) is 10.6 Å². The van der Waals surface area contributed by atoms with Crippen molar-refractivity contribution >= 4 is 11.6 Å². The van der Waals surface area contributed by atoms with Gasteiger partial charge in [0.2, 0.25) is 5.91 Å². The maximum atomic E-state index is 12.2. The van der Waals surface area contributed by atoms with E-state index in [1.54, 1.807) is 6.07 Å².